The Morgan fingerprint density at radius 3 is 1.58 bits per heavy atom. The molecule has 0 amide bonds. The Hall–Kier alpha value is -3.93. The van der Waals surface area contributed by atoms with Gasteiger partial charge in [0.2, 0.25) is 0 Å². The quantitative estimate of drug-likeness (QED) is 0.179. The summed E-state index contributed by atoms with van der Waals surface area (Å²) in [7, 11) is -2.18. The van der Waals surface area contributed by atoms with Crippen molar-refractivity contribution >= 4 is 38.5 Å². The molecule has 0 saturated carbocycles. The first-order valence-corrected chi connectivity index (χ1v) is 18.9. The SMILES string of the molecule is CC(C)c1nc(N(C)S(C)(=O)=O)nc(-c2ccc(F)cc2)c1CP(C)(c1ccccc1)(c1ccccc1)c1ccccc1. The van der Waals surface area contributed by atoms with Crippen LogP contribution in [0.2, 0.25) is 0 Å². The molecule has 0 radical (unpaired) electrons. The van der Waals surface area contributed by atoms with Crippen LogP contribution < -0.4 is 20.2 Å². The zero-order valence-corrected chi connectivity index (χ0v) is 26.9. The second kappa shape index (κ2) is 11.6. The Morgan fingerprint density at radius 1 is 0.744 bits per heavy atom. The molecule has 8 heteroatoms. The number of halogens is 1. The van der Waals surface area contributed by atoms with E-state index < -0.39 is 16.6 Å². The molecule has 0 atom stereocenters. The molecule has 0 spiro atoms. The molecule has 0 aliphatic rings. The molecule has 0 fully saturated rings. The van der Waals surface area contributed by atoms with Crippen LogP contribution in [0.3, 0.4) is 0 Å². The number of aromatic nitrogens is 2. The Morgan fingerprint density at radius 2 is 1.19 bits per heavy atom. The molecule has 43 heavy (non-hydrogen) atoms. The maximum atomic E-state index is 14.2. The van der Waals surface area contributed by atoms with Gasteiger partial charge in [0.25, 0.3) is 0 Å². The fourth-order valence-electron chi connectivity index (χ4n) is 5.87. The summed E-state index contributed by atoms with van der Waals surface area (Å²) in [5, 5.41) is 3.63. The van der Waals surface area contributed by atoms with E-state index in [4.69, 9.17) is 9.97 Å². The van der Waals surface area contributed by atoms with Crippen molar-refractivity contribution in [2.24, 2.45) is 0 Å². The van der Waals surface area contributed by atoms with Crippen LogP contribution in [0, 0.1) is 5.82 Å². The average molecular weight is 614 g/mol. The minimum atomic E-state index is -3.64. The first-order chi connectivity index (χ1) is 20.4. The molecule has 1 aromatic heterocycles. The van der Waals surface area contributed by atoms with Crippen molar-refractivity contribution in [2.45, 2.75) is 25.9 Å². The van der Waals surface area contributed by atoms with Crippen molar-refractivity contribution in [3.63, 3.8) is 0 Å². The minimum absolute atomic E-state index is 0.0555. The summed E-state index contributed by atoms with van der Waals surface area (Å²) in [5.41, 5.74) is 2.98. The zero-order valence-electron chi connectivity index (χ0n) is 25.1. The normalized spacial score (nSPS) is 13.0. The molecule has 1 heterocycles. The first kappa shape index (κ1) is 30.5. The number of anilines is 1. The molecule has 5 rings (SSSR count). The number of sulfonamides is 1. The summed E-state index contributed by atoms with van der Waals surface area (Å²) < 4.78 is 40.5. The predicted molar refractivity (Wildman–Crippen MR) is 180 cm³/mol. The standard InChI is InChI=1S/C35H37FN3O2PS/c1-26(2)33-32(34(27-21-23-28(36)24-22-27)38-35(37-33)39(3)43(5,40)41)25-42(4,29-15-9-6-10-16-29,30-17-11-7-12-18-30)31-19-13-8-14-20-31/h6-24,26H,25H2,1-5H3. The van der Waals surface area contributed by atoms with E-state index in [2.05, 4.69) is 93.3 Å². The van der Waals surface area contributed by atoms with E-state index in [9.17, 15) is 12.8 Å². The van der Waals surface area contributed by atoms with Gasteiger partial charge in [0.1, 0.15) is 0 Å². The van der Waals surface area contributed by atoms with Gasteiger partial charge in [-0.2, -0.15) is 0 Å². The molecular weight excluding hydrogens is 576 g/mol. The third-order valence-corrected chi connectivity index (χ3v) is 15.7. The first-order valence-electron chi connectivity index (χ1n) is 14.2. The van der Waals surface area contributed by atoms with Gasteiger partial charge in [-0.25, -0.2) is 0 Å². The third kappa shape index (κ3) is 5.60. The molecule has 0 saturated heterocycles. The second-order valence-electron chi connectivity index (χ2n) is 11.6. The Labute approximate surface area is 254 Å². The number of hydrogen-bond acceptors (Lipinski definition) is 4. The third-order valence-electron chi connectivity index (χ3n) is 8.39. The van der Waals surface area contributed by atoms with E-state index in [-0.39, 0.29) is 17.7 Å². The van der Waals surface area contributed by atoms with Crippen molar-refractivity contribution in [1.29, 1.82) is 0 Å². The molecule has 4 aromatic carbocycles. The van der Waals surface area contributed by atoms with Crippen LogP contribution in [0.15, 0.2) is 115 Å². The second-order valence-corrected chi connectivity index (χ2v) is 19.1. The van der Waals surface area contributed by atoms with Gasteiger partial charge >= 0.3 is 255 Å². The van der Waals surface area contributed by atoms with Crippen LogP contribution in [-0.4, -0.2) is 38.4 Å². The van der Waals surface area contributed by atoms with Gasteiger partial charge in [-0.1, -0.05) is 0 Å². The maximum absolute atomic E-state index is 14.2. The van der Waals surface area contributed by atoms with Crippen LogP contribution >= 0.6 is 6.60 Å². The number of hydrogen-bond donors (Lipinski definition) is 0. The van der Waals surface area contributed by atoms with Crippen LogP contribution in [0.5, 0.6) is 0 Å². The number of nitrogens with zero attached hydrogens (tertiary/aromatic N) is 3. The topological polar surface area (TPSA) is 63.2 Å². The van der Waals surface area contributed by atoms with E-state index in [1.54, 1.807) is 12.1 Å². The monoisotopic (exact) mass is 613 g/mol. The van der Waals surface area contributed by atoms with Crippen molar-refractivity contribution in [2.75, 3.05) is 24.3 Å². The molecule has 0 aliphatic heterocycles. The van der Waals surface area contributed by atoms with Crippen molar-refractivity contribution < 1.29 is 12.8 Å². The van der Waals surface area contributed by atoms with Crippen molar-refractivity contribution in [3.8, 4) is 11.3 Å². The van der Waals surface area contributed by atoms with Gasteiger partial charge in [0.05, 0.1) is 0 Å². The molecular formula is C35H37FN3O2PS. The van der Waals surface area contributed by atoms with E-state index in [0.717, 1.165) is 21.8 Å². The summed E-state index contributed by atoms with van der Waals surface area (Å²) >= 11 is 0. The summed E-state index contributed by atoms with van der Waals surface area (Å²) in [6, 6.07) is 38.0. The predicted octanol–water partition coefficient (Wildman–Crippen LogP) is 6.46. The number of benzene rings is 4. The molecule has 0 unspecified atom stereocenters. The fourth-order valence-corrected chi connectivity index (χ4v) is 11.7. The summed E-state index contributed by atoms with van der Waals surface area (Å²) in [4.78, 5) is 9.83. The molecule has 222 valence electrons. The van der Waals surface area contributed by atoms with Gasteiger partial charge < -0.3 is 0 Å². The van der Waals surface area contributed by atoms with Gasteiger partial charge in [-0.05, 0) is 0 Å². The van der Waals surface area contributed by atoms with Crippen LogP contribution in [-0.2, 0) is 16.2 Å². The van der Waals surface area contributed by atoms with Gasteiger partial charge in [-0.3, -0.25) is 0 Å². The fraction of sp³-hybridized carbons (Fsp3) is 0.200. The zero-order chi connectivity index (χ0) is 30.9. The average Bonchev–Trinajstić information content (AvgIpc) is 3.02. The van der Waals surface area contributed by atoms with E-state index >= 15 is 0 Å². The molecule has 5 aromatic rings. The van der Waals surface area contributed by atoms with E-state index in [1.807, 2.05) is 18.2 Å². The van der Waals surface area contributed by atoms with E-state index in [1.165, 1.54) is 35.1 Å². The van der Waals surface area contributed by atoms with Crippen molar-refractivity contribution in [1.82, 2.24) is 9.97 Å². The molecule has 5 nitrogen and oxygen atoms in total. The molecule has 0 bridgehead atoms. The van der Waals surface area contributed by atoms with Crippen LogP contribution in [0.25, 0.3) is 11.3 Å². The van der Waals surface area contributed by atoms with Crippen LogP contribution in [0.1, 0.15) is 31.0 Å². The Kier molecular flexibility index (Phi) is 8.26. The van der Waals surface area contributed by atoms with Gasteiger partial charge in [0, 0.05) is 0 Å². The van der Waals surface area contributed by atoms with Gasteiger partial charge in [0.15, 0.2) is 0 Å². The Balaban J connectivity index is 1.94. The molecule has 0 aliphatic carbocycles. The van der Waals surface area contributed by atoms with Crippen molar-refractivity contribution in [3.05, 3.63) is 132 Å². The molecule has 0 N–H and O–H groups in total. The van der Waals surface area contributed by atoms with Gasteiger partial charge in [-0.15, -0.1) is 0 Å². The van der Waals surface area contributed by atoms with E-state index in [0.29, 0.717) is 17.4 Å². The summed E-state index contributed by atoms with van der Waals surface area (Å²) in [6.07, 6.45) is 1.71. The number of rotatable bonds is 9. The summed E-state index contributed by atoms with van der Waals surface area (Å²) in [6.45, 7) is 3.19. The summed E-state index contributed by atoms with van der Waals surface area (Å²) in [5.74, 6) is -0.324. The van der Waals surface area contributed by atoms with Crippen LogP contribution in [0.4, 0.5) is 10.3 Å². The Bertz CT molecular complexity index is 1730.